The van der Waals surface area contributed by atoms with Crippen LogP contribution in [0.1, 0.15) is 31.7 Å². The van der Waals surface area contributed by atoms with E-state index in [4.69, 9.17) is 4.74 Å². The van der Waals surface area contributed by atoms with Gasteiger partial charge in [0.25, 0.3) is 0 Å². The molecule has 1 aliphatic carbocycles. The minimum Gasteiger partial charge on any atom is -0.486 e. The lowest BCUT2D eigenvalue weighted by Gasteiger charge is -2.37. The van der Waals surface area contributed by atoms with Crippen molar-refractivity contribution in [3.63, 3.8) is 0 Å². The van der Waals surface area contributed by atoms with Gasteiger partial charge in [0.1, 0.15) is 17.2 Å². The molecule has 1 heterocycles. The fraction of sp³-hybridized carbons (Fsp3) is 0.500. The lowest BCUT2D eigenvalue weighted by Crippen LogP contribution is -2.38. The second kappa shape index (κ2) is 2.99. The van der Waals surface area contributed by atoms with E-state index in [1.54, 1.807) is 6.92 Å². The zero-order valence-electron chi connectivity index (χ0n) is 8.89. The zero-order valence-corrected chi connectivity index (χ0v) is 10.5. The number of rotatable bonds is 0. The molecule has 1 aliphatic heterocycles. The number of hydrogen-bond donors (Lipinski definition) is 1. The zero-order chi connectivity index (χ0) is 11.6. The number of aliphatic hydroxyl groups is 1. The van der Waals surface area contributed by atoms with E-state index in [1.807, 2.05) is 0 Å². The Hall–Kier alpha value is -0.610. The normalized spacial score (nSPS) is 29.8. The van der Waals surface area contributed by atoms with Crippen LogP contribution in [-0.4, -0.2) is 10.7 Å². The summed E-state index contributed by atoms with van der Waals surface area (Å²) in [7, 11) is 0. The molecule has 86 valence electrons. The Balaban J connectivity index is 2.19. The van der Waals surface area contributed by atoms with Crippen molar-refractivity contribution < 1.29 is 14.2 Å². The largest absolute Gasteiger partial charge is 0.486 e. The predicted molar refractivity (Wildman–Crippen MR) is 60.9 cm³/mol. The van der Waals surface area contributed by atoms with Crippen LogP contribution in [0.4, 0.5) is 4.39 Å². The number of ether oxygens (including phenoxy) is 1. The van der Waals surface area contributed by atoms with E-state index >= 15 is 0 Å². The van der Waals surface area contributed by atoms with E-state index in [9.17, 15) is 9.50 Å². The molecular formula is C12H12BrFO2. The van der Waals surface area contributed by atoms with E-state index in [0.717, 1.165) is 12.8 Å². The maximum Gasteiger partial charge on any atom is 0.140 e. The molecule has 0 saturated heterocycles. The van der Waals surface area contributed by atoms with Crippen molar-refractivity contribution in [3.8, 4) is 5.75 Å². The van der Waals surface area contributed by atoms with Gasteiger partial charge < -0.3 is 9.84 Å². The predicted octanol–water partition coefficient (Wildman–Crippen LogP) is 3.11. The van der Waals surface area contributed by atoms with Crippen molar-refractivity contribution in [2.75, 3.05) is 0 Å². The van der Waals surface area contributed by atoms with Crippen LogP contribution < -0.4 is 4.74 Å². The molecule has 1 fully saturated rings. The first-order valence-corrected chi connectivity index (χ1v) is 6.12. The summed E-state index contributed by atoms with van der Waals surface area (Å²) < 4.78 is 19.8. The minimum atomic E-state index is -1.01. The average molecular weight is 287 g/mol. The highest BCUT2D eigenvalue weighted by Gasteiger charge is 2.54. The first-order chi connectivity index (χ1) is 7.42. The first kappa shape index (κ1) is 10.5. The highest BCUT2D eigenvalue weighted by Crippen LogP contribution is 2.55. The molecule has 1 N–H and O–H groups in total. The quantitative estimate of drug-likeness (QED) is 0.794. The standard InChI is InChI=1S/C12H12BrFO2/c1-11(15)6-12(2-3-12)16-10-8(11)4-7(14)5-9(10)13/h4-5,15H,2-3,6H2,1H3. The minimum absolute atomic E-state index is 0.211. The lowest BCUT2D eigenvalue weighted by atomic mass is 9.86. The lowest BCUT2D eigenvalue weighted by molar-refractivity contribution is -0.0264. The van der Waals surface area contributed by atoms with Crippen LogP contribution in [0.15, 0.2) is 16.6 Å². The average Bonchev–Trinajstić information content (AvgIpc) is 2.87. The molecule has 2 nitrogen and oxygen atoms in total. The van der Waals surface area contributed by atoms with Gasteiger partial charge in [0.15, 0.2) is 0 Å². The van der Waals surface area contributed by atoms with Crippen molar-refractivity contribution in [1.82, 2.24) is 0 Å². The van der Waals surface area contributed by atoms with Crippen LogP contribution >= 0.6 is 15.9 Å². The van der Waals surface area contributed by atoms with Gasteiger partial charge >= 0.3 is 0 Å². The van der Waals surface area contributed by atoms with Crippen molar-refractivity contribution in [3.05, 3.63) is 28.0 Å². The summed E-state index contributed by atoms with van der Waals surface area (Å²) in [6.45, 7) is 1.72. The van der Waals surface area contributed by atoms with E-state index in [2.05, 4.69) is 15.9 Å². The van der Waals surface area contributed by atoms with E-state index in [0.29, 0.717) is 22.2 Å². The fourth-order valence-electron chi connectivity index (χ4n) is 2.46. The van der Waals surface area contributed by atoms with Crippen LogP contribution in [0, 0.1) is 5.82 Å². The van der Waals surface area contributed by atoms with Gasteiger partial charge in [-0.2, -0.15) is 0 Å². The number of fused-ring (bicyclic) bond motifs is 1. The molecule has 4 heteroatoms. The summed E-state index contributed by atoms with van der Waals surface area (Å²) in [6, 6.07) is 2.73. The van der Waals surface area contributed by atoms with Crippen molar-refractivity contribution in [2.45, 2.75) is 37.4 Å². The highest BCUT2D eigenvalue weighted by atomic mass is 79.9. The number of hydrogen-bond acceptors (Lipinski definition) is 2. The Kier molecular flexibility index (Phi) is 1.97. The van der Waals surface area contributed by atoms with Crippen LogP contribution in [-0.2, 0) is 5.60 Å². The van der Waals surface area contributed by atoms with Crippen molar-refractivity contribution >= 4 is 15.9 Å². The molecule has 3 rings (SSSR count). The van der Waals surface area contributed by atoms with Gasteiger partial charge in [0.05, 0.1) is 10.1 Å². The maximum atomic E-state index is 13.3. The summed E-state index contributed by atoms with van der Waals surface area (Å²) in [4.78, 5) is 0. The van der Waals surface area contributed by atoms with E-state index < -0.39 is 5.60 Å². The molecule has 0 aromatic heterocycles. The third kappa shape index (κ3) is 1.47. The summed E-state index contributed by atoms with van der Waals surface area (Å²) in [5.74, 6) is 0.233. The second-order valence-electron chi connectivity index (χ2n) is 5.00. The highest BCUT2D eigenvalue weighted by molar-refractivity contribution is 9.10. The molecule has 1 aromatic rings. The first-order valence-electron chi connectivity index (χ1n) is 5.33. The fourth-order valence-corrected chi connectivity index (χ4v) is 2.97. The molecule has 2 aliphatic rings. The van der Waals surface area contributed by atoms with Crippen LogP contribution in [0.3, 0.4) is 0 Å². The van der Waals surface area contributed by atoms with E-state index in [1.165, 1.54) is 12.1 Å². The Morgan fingerprint density at radius 3 is 2.75 bits per heavy atom. The van der Waals surface area contributed by atoms with Gasteiger partial charge in [0, 0.05) is 12.0 Å². The van der Waals surface area contributed by atoms with Crippen molar-refractivity contribution in [1.29, 1.82) is 0 Å². The molecule has 1 atom stereocenters. The third-order valence-electron chi connectivity index (χ3n) is 3.38. The molecular weight excluding hydrogens is 275 g/mol. The monoisotopic (exact) mass is 286 g/mol. The topological polar surface area (TPSA) is 29.5 Å². The molecule has 0 radical (unpaired) electrons. The summed E-state index contributed by atoms with van der Waals surface area (Å²) >= 11 is 3.29. The molecule has 1 saturated carbocycles. The second-order valence-corrected chi connectivity index (χ2v) is 5.85. The Morgan fingerprint density at radius 1 is 1.44 bits per heavy atom. The van der Waals surface area contributed by atoms with Crippen LogP contribution in [0.25, 0.3) is 0 Å². The molecule has 16 heavy (non-hydrogen) atoms. The van der Waals surface area contributed by atoms with E-state index in [-0.39, 0.29) is 11.4 Å². The number of benzene rings is 1. The smallest absolute Gasteiger partial charge is 0.140 e. The van der Waals surface area contributed by atoms with Gasteiger partial charge in [-0.3, -0.25) is 0 Å². The Bertz CT molecular complexity index is 466. The van der Waals surface area contributed by atoms with Gasteiger partial charge in [-0.25, -0.2) is 4.39 Å². The van der Waals surface area contributed by atoms with Gasteiger partial charge in [0.2, 0.25) is 0 Å². The Morgan fingerprint density at radius 2 is 2.12 bits per heavy atom. The molecule has 0 amide bonds. The maximum absolute atomic E-state index is 13.3. The molecule has 1 spiro atoms. The van der Waals surface area contributed by atoms with Crippen LogP contribution in [0.2, 0.25) is 0 Å². The van der Waals surface area contributed by atoms with Crippen LogP contribution in [0.5, 0.6) is 5.75 Å². The van der Waals surface area contributed by atoms with Gasteiger partial charge in [-0.15, -0.1) is 0 Å². The molecule has 1 unspecified atom stereocenters. The van der Waals surface area contributed by atoms with Crippen molar-refractivity contribution in [2.24, 2.45) is 0 Å². The molecule has 1 aromatic carbocycles. The summed E-state index contributed by atoms with van der Waals surface area (Å²) in [5, 5.41) is 10.4. The SMILES string of the molecule is CC1(O)CC2(CC2)Oc2c(Br)cc(F)cc21. The summed E-state index contributed by atoms with van der Waals surface area (Å²) in [5.41, 5.74) is -0.678. The third-order valence-corrected chi connectivity index (χ3v) is 3.97. The van der Waals surface area contributed by atoms with Gasteiger partial charge in [-0.1, -0.05) is 0 Å². The Labute approximate surface area is 102 Å². The number of halogens is 2. The summed E-state index contributed by atoms with van der Waals surface area (Å²) in [6.07, 6.45) is 2.47. The molecule has 0 bridgehead atoms. The van der Waals surface area contributed by atoms with Gasteiger partial charge in [-0.05, 0) is 47.8 Å².